The van der Waals surface area contributed by atoms with Gasteiger partial charge in [0.2, 0.25) is 0 Å². The standard InChI is InChI=1S/C25H28N2O4Si/c1-25(2,3)32(20-10-6-4-7-11-20,21-12-8-5-9-13-21)30-18-19-14-15-23(31-19)27-17-16-22(28)26-24(27)29/h4-17,19,23H,18H2,1-3H3,(H,26,28,29)/t19-,23+/m0/s1. The molecule has 1 aliphatic heterocycles. The van der Waals surface area contributed by atoms with Crippen molar-refractivity contribution in [3.05, 3.63) is 106 Å². The number of H-pyrrole nitrogens is 1. The number of aromatic nitrogens is 2. The van der Waals surface area contributed by atoms with Gasteiger partial charge in [-0.1, -0.05) is 87.5 Å². The number of hydrogen-bond donors (Lipinski definition) is 1. The van der Waals surface area contributed by atoms with Crippen molar-refractivity contribution in [1.29, 1.82) is 0 Å². The Morgan fingerprint density at radius 2 is 1.53 bits per heavy atom. The first-order valence-corrected chi connectivity index (χ1v) is 12.6. The Morgan fingerprint density at radius 1 is 0.938 bits per heavy atom. The number of rotatable bonds is 6. The number of hydrogen-bond acceptors (Lipinski definition) is 4. The van der Waals surface area contributed by atoms with E-state index in [2.05, 4.69) is 74.3 Å². The minimum absolute atomic E-state index is 0.132. The first kappa shape index (κ1) is 22.2. The van der Waals surface area contributed by atoms with Gasteiger partial charge in [-0.05, 0) is 21.5 Å². The summed E-state index contributed by atoms with van der Waals surface area (Å²) in [6, 6.07) is 22.2. The molecule has 2 aromatic carbocycles. The van der Waals surface area contributed by atoms with Gasteiger partial charge in [0.25, 0.3) is 13.9 Å². The molecule has 2 heterocycles. The van der Waals surface area contributed by atoms with Crippen molar-refractivity contribution < 1.29 is 9.16 Å². The van der Waals surface area contributed by atoms with E-state index in [1.807, 2.05) is 24.3 Å². The van der Waals surface area contributed by atoms with Crippen molar-refractivity contribution in [3.8, 4) is 0 Å². The van der Waals surface area contributed by atoms with E-state index in [-0.39, 0.29) is 11.1 Å². The third kappa shape index (κ3) is 4.19. The summed E-state index contributed by atoms with van der Waals surface area (Å²) in [4.78, 5) is 25.7. The lowest BCUT2D eigenvalue weighted by Crippen LogP contribution is -2.67. The van der Waals surface area contributed by atoms with Crippen LogP contribution in [0, 0.1) is 0 Å². The van der Waals surface area contributed by atoms with Crippen molar-refractivity contribution in [2.24, 2.45) is 0 Å². The van der Waals surface area contributed by atoms with Crippen molar-refractivity contribution in [2.75, 3.05) is 6.61 Å². The highest BCUT2D eigenvalue weighted by Gasteiger charge is 2.50. The van der Waals surface area contributed by atoms with Crippen LogP contribution in [0.2, 0.25) is 5.04 Å². The summed E-state index contributed by atoms with van der Waals surface area (Å²) in [5.41, 5.74) is -0.930. The SMILES string of the molecule is CC(C)(C)[Si](OC[C@@H]1C=C[C@H](n2ccc(=O)[nH]c2=O)O1)(c1ccccc1)c1ccccc1. The average molecular weight is 449 g/mol. The Kier molecular flexibility index (Phi) is 6.14. The van der Waals surface area contributed by atoms with Crippen LogP contribution in [0.25, 0.3) is 0 Å². The van der Waals surface area contributed by atoms with Crippen molar-refractivity contribution in [2.45, 2.75) is 38.1 Å². The fourth-order valence-electron chi connectivity index (χ4n) is 4.34. The molecule has 0 aliphatic carbocycles. The van der Waals surface area contributed by atoms with Crippen LogP contribution in [0.3, 0.4) is 0 Å². The fraction of sp³-hybridized carbons (Fsp3) is 0.280. The zero-order valence-corrected chi connectivity index (χ0v) is 19.5. The molecule has 0 radical (unpaired) electrons. The number of aromatic amines is 1. The fourth-order valence-corrected chi connectivity index (χ4v) is 8.91. The van der Waals surface area contributed by atoms with Crippen LogP contribution >= 0.6 is 0 Å². The van der Waals surface area contributed by atoms with E-state index in [9.17, 15) is 9.59 Å². The first-order valence-electron chi connectivity index (χ1n) is 10.7. The zero-order valence-electron chi connectivity index (χ0n) is 18.5. The summed E-state index contributed by atoms with van der Waals surface area (Å²) in [7, 11) is -2.67. The minimum atomic E-state index is -2.67. The Balaban J connectivity index is 1.63. The summed E-state index contributed by atoms with van der Waals surface area (Å²) >= 11 is 0. The largest absolute Gasteiger partial charge is 0.404 e. The Hall–Kier alpha value is -3.00. The highest BCUT2D eigenvalue weighted by molar-refractivity contribution is 6.99. The van der Waals surface area contributed by atoms with Crippen LogP contribution in [-0.2, 0) is 9.16 Å². The van der Waals surface area contributed by atoms with Gasteiger partial charge >= 0.3 is 5.69 Å². The molecule has 0 bridgehead atoms. The molecule has 0 saturated heterocycles. The second-order valence-electron chi connectivity index (χ2n) is 8.94. The molecular weight excluding hydrogens is 420 g/mol. The summed E-state index contributed by atoms with van der Waals surface area (Å²) in [6.45, 7) is 7.05. The molecule has 0 spiro atoms. The van der Waals surface area contributed by atoms with Gasteiger partial charge in [0.1, 0.15) is 6.10 Å². The molecule has 7 heteroatoms. The van der Waals surface area contributed by atoms with E-state index in [1.165, 1.54) is 27.2 Å². The lowest BCUT2D eigenvalue weighted by molar-refractivity contribution is -0.00711. The number of nitrogens with one attached hydrogen (secondary N) is 1. The molecule has 166 valence electrons. The molecule has 0 amide bonds. The lowest BCUT2D eigenvalue weighted by Gasteiger charge is -2.43. The van der Waals surface area contributed by atoms with Crippen molar-refractivity contribution >= 4 is 18.7 Å². The maximum absolute atomic E-state index is 12.1. The topological polar surface area (TPSA) is 73.3 Å². The molecule has 1 aromatic heterocycles. The second-order valence-corrected chi connectivity index (χ2v) is 13.2. The molecule has 1 N–H and O–H groups in total. The van der Waals surface area contributed by atoms with E-state index in [4.69, 9.17) is 9.16 Å². The van der Waals surface area contributed by atoms with Crippen LogP contribution < -0.4 is 21.6 Å². The third-order valence-electron chi connectivity index (χ3n) is 5.81. The molecule has 1 aliphatic rings. The molecule has 2 atom stereocenters. The monoisotopic (exact) mass is 448 g/mol. The van der Waals surface area contributed by atoms with Gasteiger partial charge in [0.15, 0.2) is 6.23 Å². The summed E-state index contributed by atoms with van der Waals surface area (Å²) in [5.74, 6) is 0. The van der Waals surface area contributed by atoms with E-state index in [0.717, 1.165) is 0 Å². The van der Waals surface area contributed by atoms with E-state index < -0.39 is 25.8 Å². The Bertz CT molecular complexity index is 1160. The molecule has 0 fully saturated rings. The highest BCUT2D eigenvalue weighted by Crippen LogP contribution is 2.37. The van der Waals surface area contributed by atoms with Gasteiger partial charge in [-0.2, -0.15) is 0 Å². The smallest absolute Gasteiger partial charge is 0.330 e. The van der Waals surface area contributed by atoms with Crippen LogP contribution in [0.1, 0.15) is 27.0 Å². The maximum atomic E-state index is 12.1. The third-order valence-corrected chi connectivity index (χ3v) is 10.8. The molecular formula is C25H28N2O4Si. The van der Waals surface area contributed by atoms with E-state index in [1.54, 1.807) is 0 Å². The van der Waals surface area contributed by atoms with Crippen molar-refractivity contribution in [1.82, 2.24) is 9.55 Å². The predicted octanol–water partition coefficient (Wildman–Crippen LogP) is 2.57. The minimum Gasteiger partial charge on any atom is -0.404 e. The lowest BCUT2D eigenvalue weighted by atomic mass is 10.2. The molecule has 0 saturated carbocycles. The van der Waals surface area contributed by atoms with Crippen LogP contribution in [0.5, 0.6) is 0 Å². The van der Waals surface area contributed by atoms with E-state index in [0.29, 0.717) is 6.61 Å². The van der Waals surface area contributed by atoms with Gasteiger partial charge in [-0.25, -0.2) is 4.79 Å². The molecule has 3 aromatic rings. The predicted molar refractivity (Wildman–Crippen MR) is 128 cm³/mol. The van der Waals surface area contributed by atoms with Gasteiger partial charge < -0.3 is 9.16 Å². The summed E-state index contributed by atoms with van der Waals surface area (Å²) in [5, 5.41) is 2.27. The summed E-state index contributed by atoms with van der Waals surface area (Å²) < 4.78 is 14.3. The quantitative estimate of drug-likeness (QED) is 0.465. The van der Waals surface area contributed by atoms with Crippen molar-refractivity contribution in [3.63, 3.8) is 0 Å². The maximum Gasteiger partial charge on any atom is 0.330 e. The molecule has 6 nitrogen and oxygen atoms in total. The molecule has 4 rings (SSSR count). The highest BCUT2D eigenvalue weighted by atomic mass is 28.4. The summed E-state index contributed by atoms with van der Waals surface area (Å²) in [6.07, 6.45) is 4.30. The second kappa shape index (κ2) is 8.86. The van der Waals surface area contributed by atoms with Crippen LogP contribution in [0.4, 0.5) is 0 Å². The molecule has 0 unspecified atom stereocenters. The van der Waals surface area contributed by atoms with E-state index >= 15 is 0 Å². The van der Waals surface area contributed by atoms with Crippen LogP contribution in [0.15, 0.2) is 94.7 Å². The number of ether oxygens (including phenoxy) is 1. The first-order chi connectivity index (χ1) is 15.3. The average Bonchev–Trinajstić information content (AvgIpc) is 3.23. The Labute approximate surface area is 188 Å². The molecule has 32 heavy (non-hydrogen) atoms. The Morgan fingerprint density at radius 3 is 2.06 bits per heavy atom. The van der Waals surface area contributed by atoms with Crippen LogP contribution in [-0.4, -0.2) is 30.6 Å². The zero-order chi connectivity index (χ0) is 22.8. The number of benzene rings is 2. The van der Waals surface area contributed by atoms with Gasteiger partial charge in [-0.3, -0.25) is 14.3 Å². The van der Waals surface area contributed by atoms with Gasteiger partial charge in [0.05, 0.1) is 6.61 Å². The number of nitrogens with zero attached hydrogens (tertiary/aromatic N) is 1. The normalized spacial score (nSPS) is 18.7. The van der Waals surface area contributed by atoms with Gasteiger partial charge in [0, 0.05) is 12.3 Å². The van der Waals surface area contributed by atoms with Gasteiger partial charge in [-0.15, -0.1) is 0 Å².